The normalized spacial score (nSPS) is 15.1. The number of urea groups is 1. The van der Waals surface area contributed by atoms with Gasteiger partial charge in [-0.1, -0.05) is 23.6 Å². The lowest BCUT2D eigenvalue weighted by molar-refractivity contribution is -0.113. The standard InChI is InChI=1S/C19H12BrClN2O3/c1-2-9-26-17-8-3-12(10-15(17)20)11-16-18(24)23(19(25)22-16)14-6-4-13(21)5-7-14/h1,3-8,10-11H,9H2,(H,22,25)/b16-11+. The van der Waals surface area contributed by atoms with Crippen LogP contribution in [0.25, 0.3) is 6.08 Å². The number of imide groups is 1. The number of carbonyl (C=O) groups excluding carboxylic acids is 2. The lowest BCUT2D eigenvalue weighted by atomic mass is 10.2. The Morgan fingerprint density at radius 1 is 1.23 bits per heavy atom. The predicted octanol–water partition coefficient (Wildman–Crippen LogP) is 4.21. The van der Waals surface area contributed by atoms with E-state index in [1.807, 2.05) is 0 Å². The molecule has 3 amide bonds. The molecule has 0 bridgehead atoms. The van der Waals surface area contributed by atoms with Gasteiger partial charge >= 0.3 is 6.03 Å². The molecular weight excluding hydrogens is 420 g/mol. The first-order valence-electron chi connectivity index (χ1n) is 7.48. The molecule has 26 heavy (non-hydrogen) atoms. The van der Waals surface area contributed by atoms with Gasteiger partial charge < -0.3 is 10.1 Å². The van der Waals surface area contributed by atoms with Crippen molar-refractivity contribution in [3.05, 3.63) is 63.2 Å². The molecule has 0 aliphatic carbocycles. The number of nitrogens with zero attached hydrogens (tertiary/aromatic N) is 1. The summed E-state index contributed by atoms with van der Waals surface area (Å²) in [7, 11) is 0. The van der Waals surface area contributed by atoms with Gasteiger partial charge in [-0.25, -0.2) is 9.69 Å². The molecule has 1 fully saturated rings. The van der Waals surface area contributed by atoms with Crippen LogP contribution < -0.4 is 15.0 Å². The average Bonchev–Trinajstić information content (AvgIpc) is 2.89. The summed E-state index contributed by atoms with van der Waals surface area (Å²) >= 11 is 9.24. The van der Waals surface area contributed by atoms with Gasteiger partial charge in [-0.3, -0.25) is 4.79 Å². The summed E-state index contributed by atoms with van der Waals surface area (Å²) in [6.07, 6.45) is 6.76. The first-order chi connectivity index (χ1) is 12.5. The second-order valence-corrected chi connectivity index (χ2v) is 6.58. The minimum Gasteiger partial charge on any atom is -0.480 e. The number of rotatable bonds is 4. The van der Waals surface area contributed by atoms with Gasteiger partial charge in [-0.15, -0.1) is 6.42 Å². The quantitative estimate of drug-likeness (QED) is 0.448. The molecule has 7 heteroatoms. The minimum atomic E-state index is -0.517. The lowest BCUT2D eigenvalue weighted by Gasteiger charge is -2.11. The Hall–Kier alpha value is -2.75. The highest BCUT2D eigenvalue weighted by Gasteiger charge is 2.34. The highest BCUT2D eigenvalue weighted by molar-refractivity contribution is 9.10. The topological polar surface area (TPSA) is 58.6 Å². The summed E-state index contributed by atoms with van der Waals surface area (Å²) in [6.45, 7) is 0.156. The van der Waals surface area contributed by atoms with E-state index in [-0.39, 0.29) is 12.3 Å². The van der Waals surface area contributed by atoms with Crippen LogP contribution in [0.1, 0.15) is 5.56 Å². The van der Waals surface area contributed by atoms with E-state index in [0.29, 0.717) is 26.5 Å². The number of benzene rings is 2. The number of terminal acetylenes is 1. The molecule has 2 aromatic rings. The Balaban J connectivity index is 1.85. The Bertz CT molecular complexity index is 948. The third-order valence-corrected chi connectivity index (χ3v) is 4.41. The van der Waals surface area contributed by atoms with Crippen molar-refractivity contribution >= 4 is 51.2 Å². The predicted molar refractivity (Wildman–Crippen MR) is 104 cm³/mol. The van der Waals surface area contributed by atoms with Crippen LogP contribution in [0.5, 0.6) is 5.75 Å². The van der Waals surface area contributed by atoms with E-state index in [2.05, 4.69) is 27.2 Å². The van der Waals surface area contributed by atoms with Gasteiger partial charge in [0, 0.05) is 5.02 Å². The molecule has 0 aromatic heterocycles. The van der Waals surface area contributed by atoms with Gasteiger partial charge in [0.1, 0.15) is 18.1 Å². The molecule has 1 heterocycles. The van der Waals surface area contributed by atoms with E-state index in [9.17, 15) is 9.59 Å². The van der Waals surface area contributed by atoms with Crippen LogP contribution in [0.2, 0.25) is 5.02 Å². The molecule has 1 N–H and O–H groups in total. The van der Waals surface area contributed by atoms with Gasteiger partial charge in [-0.05, 0) is 64.0 Å². The molecule has 0 spiro atoms. The van der Waals surface area contributed by atoms with Crippen LogP contribution in [-0.4, -0.2) is 18.5 Å². The fourth-order valence-corrected chi connectivity index (χ4v) is 3.01. The van der Waals surface area contributed by atoms with Crippen molar-refractivity contribution in [3.63, 3.8) is 0 Å². The van der Waals surface area contributed by atoms with Gasteiger partial charge in [0.15, 0.2) is 0 Å². The third kappa shape index (κ3) is 3.74. The second-order valence-electron chi connectivity index (χ2n) is 5.29. The number of halogens is 2. The Morgan fingerprint density at radius 3 is 2.62 bits per heavy atom. The molecular formula is C19H12BrClN2O3. The van der Waals surface area contributed by atoms with Gasteiger partial charge in [-0.2, -0.15) is 0 Å². The number of hydrogen-bond acceptors (Lipinski definition) is 3. The Morgan fingerprint density at radius 2 is 1.96 bits per heavy atom. The van der Waals surface area contributed by atoms with Crippen LogP contribution in [0.15, 0.2) is 52.6 Å². The van der Waals surface area contributed by atoms with Gasteiger partial charge in [0.2, 0.25) is 0 Å². The maximum atomic E-state index is 12.6. The van der Waals surface area contributed by atoms with E-state index in [0.717, 1.165) is 4.90 Å². The number of hydrogen-bond donors (Lipinski definition) is 1. The van der Waals surface area contributed by atoms with Crippen molar-refractivity contribution in [1.29, 1.82) is 0 Å². The van der Waals surface area contributed by atoms with Crippen LogP contribution >= 0.6 is 27.5 Å². The summed E-state index contributed by atoms with van der Waals surface area (Å²) in [4.78, 5) is 25.8. The van der Waals surface area contributed by atoms with Crippen LogP contribution in [0.3, 0.4) is 0 Å². The van der Waals surface area contributed by atoms with E-state index in [1.54, 1.807) is 48.5 Å². The number of anilines is 1. The average molecular weight is 432 g/mol. The number of carbonyl (C=O) groups is 2. The first kappa shape index (κ1) is 18.1. The summed E-state index contributed by atoms with van der Waals surface area (Å²) in [5.74, 6) is 2.54. The van der Waals surface area contributed by atoms with Crippen molar-refractivity contribution < 1.29 is 14.3 Å². The molecule has 3 rings (SSSR count). The largest absolute Gasteiger partial charge is 0.480 e. The molecule has 0 unspecified atom stereocenters. The number of nitrogens with one attached hydrogen (secondary N) is 1. The third-order valence-electron chi connectivity index (χ3n) is 3.54. The van der Waals surface area contributed by atoms with Crippen LogP contribution in [-0.2, 0) is 4.79 Å². The monoisotopic (exact) mass is 430 g/mol. The molecule has 0 saturated carbocycles. The van der Waals surface area contributed by atoms with Crippen molar-refractivity contribution in [3.8, 4) is 18.1 Å². The van der Waals surface area contributed by atoms with Crippen molar-refractivity contribution in [2.45, 2.75) is 0 Å². The second kappa shape index (κ2) is 7.65. The molecule has 2 aromatic carbocycles. The maximum Gasteiger partial charge on any atom is 0.333 e. The van der Waals surface area contributed by atoms with Crippen LogP contribution in [0.4, 0.5) is 10.5 Å². The highest BCUT2D eigenvalue weighted by Crippen LogP contribution is 2.28. The zero-order valence-corrected chi connectivity index (χ0v) is 15.7. The highest BCUT2D eigenvalue weighted by atomic mass is 79.9. The van der Waals surface area contributed by atoms with E-state index in [4.69, 9.17) is 22.8 Å². The first-order valence-corrected chi connectivity index (χ1v) is 8.65. The molecule has 1 aliphatic heterocycles. The van der Waals surface area contributed by atoms with Gasteiger partial charge in [0.05, 0.1) is 10.2 Å². The number of amides is 3. The molecule has 1 aliphatic rings. The minimum absolute atomic E-state index is 0.156. The molecule has 130 valence electrons. The van der Waals surface area contributed by atoms with E-state index < -0.39 is 11.9 Å². The fraction of sp³-hybridized carbons (Fsp3) is 0.0526. The fourth-order valence-electron chi connectivity index (χ4n) is 2.37. The van der Waals surface area contributed by atoms with E-state index >= 15 is 0 Å². The molecule has 0 radical (unpaired) electrons. The summed E-state index contributed by atoms with van der Waals surface area (Å²) in [6, 6.07) is 11.2. The number of ether oxygens (including phenoxy) is 1. The van der Waals surface area contributed by atoms with Crippen molar-refractivity contribution in [2.75, 3.05) is 11.5 Å². The molecule has 0 atom stereocenters. The van der Waals surface area contributed by atoms with E-state index in [1.165, 1.54) is 0 Å². The molecule has 5 nitrogen and oxygen atoms in total. The maximum absolute atomic E-state index is 12.6. The SMILES string of the molecule is C#CCOc1ccc(/C=C2/NC(=O)N(c3ccc(Cl)cc3)C2=O)cc1Br. The summed E-state index contributed by atoms with van der Waals surface area (Å²) < 4.78 is 6.06. The zero-order chi connectivity index (χ0) is 18.7. The Labute approximate surface area is 163 Å². The van der Waals surface area contributed by atoms with Crippen molar-refractivity contribution in [1.82, 2.24) is 5.32 Å². The van der Waals surface area contributed by atoms with Gasteiger partial charge in [0.25, 0.3) is 5.91 Å². The Kier molecular flexibility index (Phi) is 5.31. The molecule has 1 saturated heterocycles. The van der Waals surface area contributed by atoms with Crippen molar-refractivity contribution in [2.24, 2.45) is 0 Å². The smallest absolute Gasteiger partial charge is 0.333 e. The zero-order valence-electron chi connectivity index (χ0n) is 13.3. The summed E-state index contributed by atoms with van der Waals surface area (Å²) in [5, 5.41) is 3.10. The van der Waals surface area contributed by atoms with Crippen LogP contribution in [0, 0.1) is 12.3 Å². The summed E-state index contributed by atoms with van der Waals surface area (Å²) in [5.41, 5.74) is 1.33. The lowest BCUT2D eigenvalue weighted by Crippen LogP contribution is -2.30.